The van der Waals surface area contributed by atoms with Crippen LogP contribution in [0.1, 0.15) is 17.5 Å². The number of aryl methyl sites for hydroxylation is 1. The molecule has 1 rings (SSSR count). The van der Waals surface area contributed by atoms with Crippen LogP contribution in [-0.4, -0.2) is 11.0 Å². The Balaban J connectivity index is 2.71. The molecule has 60 valence electrons. The number of hydrogen-bond donors (Lipinski definition) is 1. The topological polar surface area (TPSA) is 38.9 Å². The van der Waals surface area contributed by atoms with E-state index in [-0.39, 0.29) is 6.04 Å². The molecular weight excluding hydrogens is 156 g/mol. The van der Waals surface area contributed by atoms with Gasteiger partial charge in [-0.1, -0.05) is 6.08 Å². The minimum absolute atomic E-state index is 0.122. The van der Waals surface area contributed by atoms with Crippen LogP contribution in [0.3, 0.4) is 0 Å². The van der Waals surface area contributed by atoms with Gasteiger partial charge in [0.2, 0.25) is 0 Å². The molecule has 2 nitrogen and oxygen atoms in total. The van der Waals surface area contributed by atoms with Gasteiger partial charge in [0.25, 0.3) is 0 Å². The average Bonchev–Trinajstić information content (AvgIpc) is 2.31. The molecule has 2 N–H and O–H groups in total. The number of rotatable bonds is 2. The molecule has 11 heavy (non-hydrogen) atoms. The number of nitrogens with zero attached hydrogens (tertiary/aromatic N) is 1. The van der Waals surface area contributed by atoms with Crippen LogP contribution in [0.15, 0.2) is 11.6 Å². The lowest BCUT2D eigenvalue weighted by atomic mass is 10.3. The summed E-state index contributed by atoms with van der Waals surface area (Å²) in [7, 11) is 0. The molecule has 0 bridgehead atoms. The minimum atomic E-state index is 0.122. The van der Waals surface area contributed by atoms with E-state index in [1.165, 1.54) is 4.88 Å². The van der Waals surface area contributed by atoms with Gasteiger partial charge in [0.15, 0.2) is 0 Å². The zero-order valence-electron chi connectivity index (χ0n) is 6.74. The SMILES string of the molecule is Cc1ncsc1/C=C/C(C)N. The molecule has 3 heteroatoms. The van der Waals surface area contributed by atoms with Crippen molar-refractivity contribution in [3.05, 3.63) is 22.2 Å². The fraction of sp³-hybridized carbons (Fsp3) is 0.375. The van der Waals surface area contributed by atoms with E-state index in [4.69, 9.17) is 5.73 Å². The van der Waals surface area contributed by atoms with Crippen LogP contribution in [0, 0.1) is 6.92 Å². The molecule has 0 spiro atoms. The van der Waals surface area contributed by atoms with Crippen molar-refractivity contribution in [1.29, 1.82) is 0 Å². The van der Waals surface area contributed by atoms with Crippen molar-refractivity contribution in [2.24, 2.45) is 5.73 Å². The summed E-state index contributed by atoms with van der Waals surface area (Å²) >= 11 is 1.64. The van der Waals surface area contributed by atoms with Gasteiger partial charge in [0, 0.05) is 10.9 Å². The molecule has 1 aromatic rings. The lowest BCUT2D eigenvalue weighted by Crippen LogP contribution is -2.09. The standard InChI is InChI=1S/C8H12N2S/c1-6(9)3-4-8-7(2)10-5-11-8/h3-6H,9H2,1-2H3/b4-3+. The molecule has 0 saturated carbocycles. The molecule has 0 amide bonds. The maximum atomic E-state index is 5.56. The summed E-state index contributed by atoms with van der Waals surface area (Å²) in [6, 6.07) is 0.122. The Morgan fingerprint density at radius 3 is 2.91 bits per heavy atom. The molecule has 1 atom stereocenters. The molecule has 0 aliphatic rings. The van der Waals surface area contributed by atoms with E-state index in [0.717, 1.165) is 5.69 Å². The fourth-order valence-electron chi connectivity index (χ4n) is 0.710. The van der Waals surface area contributed by atoms with E-state index in [1.807, 2.05) is 31.5 Å². The predicted molar refractivity (Wildman–Crippen MR) is 49.5 cm³/mol. The van der Waals surface area contributed by atoms with Gasteiger partial charge < -0.3 is 5.73 Å². The summed E-state index contributed by atoms with van der Waals surface area (Å²) in [5.74, 6) is 0. The first-order chi connectivity index (χ1) is 5.20. The van der Waals surface area contributed by atoms with E-state index in [2.05, 4.69) is 4.98 Å². The fourth-order valence-corrected chi connectivity index (χ4v) is 1.41. The van der Waals surface area contributed by atoms with Crippen molar-refractivity contribution in [3.8, 4) is 0 Å². The first kappa shape index (κ1) is 8.43. The summed E-state index contributed by atoms with van der Waals surface area (Å²) in [4.78, 5) is 5.32. The van der Waals surface area contributed by atoms with Crippen molar-refractivity contribution in [2.75, 3.05) is 0 Å². The zero-order valence-corrected chi connectivity index (χ0v) is 7.56. The summed E-state index contributed by atoms with van der Waals surface area (Å²) in [5, 5.41) is 0. The van der Waals surface area contributed by atoms with Crippen molar-refractivity contribution >= 4 is 17.4 Å². The predicted octanol–water partition coefficient (Wildman–Crippen LogP) is 1.81. The molecule has 0 aliphatic carbocycles. The molecule has 1 heterocycles. The third-order valence-corrected chi connectivity index (χ3v) is 2.23. The van der Waals surface area contributed by atoms with E-state index in [1.54, 1.807) is 11.3 Å². The first-order valence-corrected chi connectivity index (χ1v) is 4.42. The Morgan fingerprint density at radius 2 is 2.45 bits per heavy atom. The Bertz CT molecular complexity index is 250. The summed E-state index contributed by atoms with van der Waals surface area (Å²) in [6.45, 7) is 3.95. The molecular formula is C8H12N2S. The second-order valence-electron chi connectivity index (χ2n) is 2.52. The van der Waals surface area contributed by atoms with E-state index in [0.29, 0.717) is 0 Å². The van der Waals surface area contributed by atoms with Crippen molar-refractivity contribution in [2.45, 2.75) is 19.9 Å². The Kier molecular flexibility index (Phi) is 2.79. The zero-order chi connectivity index (χ0) is 8.27. The molecule has 0 fully saturated rings. The largest absolute Gasteiger partial charge is 0.325 e. The van der Waals surface area contributed by atoms with Crippen LogP contribution in [0.2, 0.25) is 0 Å². The summed E-state index contributed by atoms with van der Waals surface area (Å²) in [6.07, 6.45) is 4.00. The lowest BCUT2D eigenvalue weighted by molar-refractivity contribution is 0.931. The second kappa shape index (κ2) is 3.64. The maximum Gasteiger partial charge on any atom is 0.0801 e. The van der Waals surface area contributed by atoms with Crippen molar-refractivity contribution in [3.63, 3.8) is 0 Å². The van der Waals surface area contributed by atoms with E-state index < -0.39 is 0 Å². The minimum Gasteiger partial charge on any atom is -0.325 e. The molecule has 0 aliphatic heterocycles. The van der Waals surface area contributed by atoms with Crippen LogP contribution in [-0.2, 0) is 0 Å². The highest BCUT2D eigenvalue weighted by molar-refractivity contribution is 7.10. The van der Waals surface area contributed by atoms with Gasteiger partial charge in [0.1, 0.15) is 0 Å². The van der Waals surface area contributed by atoms with Crippen LogP contribution in [0.4, 0.5) is 0 Å². The first-order valence-electron chi connectivity index (χ1n) is 3.54. The van der Waals surface area contributed by atoms with Gasteiger partial charge in [-0.2, -0.15) is 0 Å². The maximum absolute atomic E-state index is 5.56. The Hall–Kier alpha value is -0.670. The average molecular weight is 168 g/mol. The molecule has 0 radical (unpaired) electrons. The number of hydrogen-bond acceptors (Lipinski definition) is 3. The lowest BCUT2D eigenvalue weighted by Gasteiger charge is -1.92. The normalized spacial score (nSPS) is 14.1. The summed E-state index contributed by atoms with van der Waals surface area (Å²) in [5.41, 5.74) is 8.48. The van der Waals surface area contributed by atoms with Gasteiger partial charge >= 0.3 is 0 Å². The van der Waals surface area contributed by atoms with Gasteiger partial charge in [-0.25, -0.2) is 4.98 Å². The van der Waals surface area contributed by atoms with Crippen molar-refractivity contribution in [1.82, 2.24) is 4.98 Å². The van der Waals surface area contributed by atoms with E-state index in [9.17, 15) is 0 Å². The number of nitrogens with two attached hydrogens (primary N) is 1. The monoisotopic (exact) mass is 168 g/mol. The highest BCUT2D eigenvalue weighted by Gasteiger charge is 1.95. The summed E-state index contributed by atoms with van der Waals surface area (Å²) < 4.78 is 0. The number of aromatic nitrogens is 1. The van der Waals surface area contributed by atoms with E-state index >= 15 is 0 Å². The number of thiazole rings is 1. The van der Waals surface area contributed by atoms with Gasteiger partial charge in [-0.15, -0.1) is 11.3 Å². The van der Waals surface area contributed by atoms with Crippen LogP contribution in [0.25, 0.3) is 6.08 Å². The smallest absolute Gasteiger partial charge is 0.0801 e. The van der Waals surface area contributed by atoms with Gasteiger partial charge in [-0.3, -0.25) is 0 Å². The molecule has 0 aromatic carbocycles. The third kappa shape index (κ3) is 2.44. The molecule has 1 aromatic heterocycles. The van der Waals surface area contributed by atoms with Crippen LogP contribution >= 0.6 is 11.3 Å². The van der Waals surface area contributed by atoms with Crippen LogP contribution < -0.4 is 5.73 Å². The van der Waals surface area contributed by atoms with Gasteiger partial charge in [-0.05, 0) is 19.9 Å². The van der Waals surface area contributed by atoms with Crippen molar-refractivity contribution < 1.29 is 0 Å². The van der Waals surface area contributed by atoms with Gasteiger partial charge in [0.05, 0.1) is 11.2 Å². The quantitative estimate of drug-likeness (QED) is 0.731. The molecule has 0 saturated heterocycles. The molecule has 1 unspecified atom stereocenters. The third-order valence-electron chi connectivity index (χ3n) is 1.33. The second-order valence-corrected chi connectivity index (χ2v) is 3.41. The van der Waals surface area contributed by atoms with Crippen LogP contribution in [0.5, 0.6) is 0 Å². The highest BCUT2D eigenvalue weighted by atomic mass is 32.1. The Labute approximate surface area is 70.8 Å². The Morgan fingerprint density at radius 1 is 1.73 bits per heavy atom. The highest BCUT2D eigenvalue weighted by Crippen LogP contribution is 2.13.